The summed E-state index contributed by atoms with van der Waals surface area (Å²) >= 11 is 0. The molecule has 0 aliphatic carbocycles. The molecule has 0 saturated heterocycles. The molecule has 0 aromatic heterocycles. The van der Waals surface area contributed by atoms with E-state index in [1.807, 2.05) is 0 Å². The molecule has 5 heteroatoms. The fraction of sp³-hybridized carbons (Fsp3) is 1.00. The van der Waals surface area contributed by atoms with Crippen LogP contribution in [0.25, 0.3) is 0 Å². The fourth-order valence-electron chi connectivity index (χ4n) is 0.987. The fourth-order valence-corrected chi connectivity index (χ4v) is 0.987. The average Bonchev–Trinajstić information content (AvgIpc) is 1.79. The first-order valence-corrected chi connectivity index (χ1v) is 4.98. The Labute approximate surface area is 103 Å². The van der Waals surface area contributed by atoms with E-state index in [4.69, 9.17) is 20.4 Å². The third-order valence-corrected chi connectivity index (χ3v) is 1.36. The minimum absolute atomic E-state index is 0. The predicted octanol–water partition coefficient (Wildman–Crippen LogP) is 0.274. The van der Waals surface area contributed by atoms with Crippen LogP contribution in [0.1, 0.15) is 40.5 Å². The first-order chi connectivity index (χ1) is 6.25. The summed E-state index contributed by atoms with van der Waals surface area (Å²) in [6.45, 7) is 6.64. The van der Waals surface area contributed by atoms with Crippen molar-refractivity contribution >= 4 is 0 Å². The maximum Gasteiger partial charge on any atom is 0.0536 e. The molecular weight excluding hydrogens is 248 g/mol. The maximum atomic E-state index is 8.56. The minimum Gasteiger partial charge on any atom is -0.393 e. The van der Waals surface area contributed by atoms with Crippen LogP contribution in [0.2, 0.25) is 0 Å². The van der Waals surface area contributed by atoms with Crippen LogP contribution in [-0.2, 0) is 17.1 Å². The smallest absolute Gasteiger partial charge is 0.0536 e. The summed E-state index contributed by atoms with van der Waals surface area (Å²) in [4.78, 5) is 0. The maximum absolute atomic E-state index is 8.56. The van der Waals surface area contributed by atoms with Gasteiger partial charge in [0.2, 0.25) is 0 Å². The van der Waals surface area contributed by atoms with Crippen LogP contribution in [0, 0.1) is 0 Å². The van der Waals surface area contributed by atoms with E-state index in [0.29, 0.717) is 12.8 Å². The molecule has 1 radical (unpaired) electrons. The van der Waals surface area contributed by atoms with Crippen LogP contribution < -0.4 is 0 Å². The summed E-state index contributed by atoms with van der Waals surface area (Å²) in [6, 6.07) is 0. The van der Waals surface area contributed by atoms with Crippen LogP contribution in [0.5, 0.6) is 0 Å². The van der Waals surface area contributed by atoms with Crippen molar-refractivity contribution in [3.8, 4) is 0 Å². The Kier molecular flexibility index (Phi) is 17.2. The van der Waals surface area contributed by atoms with E-state index in [-0.39, 0.29) is 41.5 Å². The van der Waals surface area contributed by atoms with Crippen molar-refractivity contribution in [1.29, 1.82) is 0 Å². The van der Waals surface area contributed by atoms with Crippen LogP contribution in [0.4, 0.5) is 0 Å². The van der Waals surface area contributed by atoms with Gasteiger partial charge in [-0.2, -0.15) is 0 Å². The SMILES string of the molecule is CC(O)CC(C)O.CC(O)CC(C)O.[Cu]. The molecule has 0 bridgehead atoms. The van der Waals surface area contributed by atoms with E-state index in [9.17, 15) is 0 Å². The molecule has 0 heterocycles. The molecule has 99 valence electrons. The third kappa shape index (κ3) is 31.4. The molecule has 4 atom stereocenters. The Morgan fingerprint density at radius 3 is 0.733 bits per heavy atom. The molecule has 0 aliphatic heterocycles. The topological polar surface area (TPSA) is 80.9 Å². The molecule has 0 aromatic carbocycles. The molecule has 0 aliphatic rings. The van der Waals surface area contributed by atoms with Gasteiger partial charge in [0.25, 0.3) is 0 Å². The van der Waals surface area contributed by atoms with E-state index in [1.54, 1.807) is 27.7 Å². The first kappa shape index (κ1) is 20.7. The Balaban J connectivity index is -0.000000180. The van der Waals surface area contributed by atoms with Crippen molar-refractivity contribution in [2.75, 3.05) is 0 Å². The zero-order valence-corrected chi connectivity index (χ0v) is 10.8. The van der Waals surface area contributed by atoms with E-state index in [1.165, 1.54) is 0 Å². The Morgan fingerprint density at radius 2 is 0.733 bits per heavy atom. The van der Waals surface area contributed by atoms with Gasteiger partial charge in [0.1, 0.15) is 0 Å². The van der Waals surface area contributed by atoms with Crippen molar-refractivity contribution in [3.05, 3.63) is 0 Å². The zero-order chi connectivity index (χ0) is 11.7. The van der Waals surface area contributed by atoms with Gasteiger partial charge in [-0.15, -0.1) is 0 Å². The van der Waals surface area contributed by atoms with Gasteiger partial charge in [-0.3, -0.25) is 0 Å². The van der Waals surface area contributed by atoms with Gasteiger partial charge in [0, 0.05) is 17.1 Å². The van der Waals surface area contributed by atoms with Crippen LogP contribution in [0.15, 0.2) is 0 Å². The van der Waals surface area contributed by atoms with Crippen LogP contribution in [-0.4, -0.2) is 44.8 Å². The zero-order valence-electron chi connectivity index (χ0n) is 9.81. The minimum atomic E-state index is -0.375. The van der Waals surface area contributed by atoms with Crippen molar-refractivity contribution in [2.24, 2.45) is 0 Å². The Morgan fingerprint density at radius 1 is 0.600 bits per heavy atom. The van der Waals surface area contributed by atoms with Crippen molar-refractivity contribution in [2.45, 2.75) is 65.0 Å². The van der Waals surface area contributed by atoms with E-state index in [0.717, 1.165) is 0 Å². The summed E-state index contributed by atoms with van der Waals surface area (Å²) in [5.74, 6) is 0. The molecule has 0 aromatic rings. The van der Waals surface area contributed by atoms with Gasteiger partial charge in [0.15, 0.2) is 0 Å². The predicted molar refractivity (Wildman–Crippen MR) is 56.0 cm³/mol. The van der Waals surface area contributed by atoms with Crippen molar-refractivity contribution in [1.82, 2.24) is 0 Å². The number of hydrogen-bond donors (Lipinski definition) is 4. The van der Waals surface area contributed by atoms with Gasteiger partial charge < -0.3 is 20.4 Å². The monoisotopic (exact) mass is 271 g/mol. The van der Waals surface area contributed by atoms with Gasteiger partial charge >= 0.3 is 0 Å². The normalized spacial score (nSPS) is 17.6. The van der Waals surface area contributed by atoms with Gasteiger partial charge in [-0.05, 0) is 40.5 Å². The largest absolute Gasteiger partial charge is 0.393 e. The van der Waals surface area contributed by atoms with Gasteiger partial charge in [-0.25, -0.2) is 0 Å². The molecular formula is C10H24CuO4. The second-order valence-electron chi connectivity index (χ2n) is 3.87. The molecule has 4 N–H and O–H groups in total. The van der Waals surface area contributed by atoms with E-state index < -0.39 is 0 Å². The molecule has 0 fully saturated rings. The van der Waals surface area contributed by atoms with Crippen molar-refractivity contribution < 1.29 is 37.5 Å². The van der Waals surface area contributed by atoms with E-state index >= 15 is 0 Å². The number of aliphatic hydroxyl groups is 4. The van der Waals surface area contributed by atoms with Gasteiger partial charge in [-0.1, -0.05) is 0 Å². The number of rotatable bonds is 4. The second kappa shape index (κ2) is 12.4. The van der Waals surface area contributed by atoms with Gasteiger partial charge in [0.05, 0.1) is 24.4 Å². The standard InChI is InChI=1S/2C5H12O2.Cu/c2*1-4(6)3-5(2)7;/h2*4-7H,3H2,1-2H3;. The molecule has 0 rings (SSSR count). The summed E-state index contributed by atoms with van der Waals surface area (Å²) in [6.07, 6.45) is -0.556. The second-order valence-corrected chi connectivity index (χ2v) is 3.87. The molecule has 15 heavy (non-hydrogen) atoms. The average molecular weight is 272 g/mol. The third-order valence-electron chi connectivity index (χ3n) is 1.36. The summed E-state index contributed by atoms with van der Waals surface area (Å²) in [5.41, 5.74) is 0. The van der Waals surface area contributed by atoms with Crippen LogP contribution >= 0.6 is 0 Å². The summed E-state index contributed by atoms with van der Waals surface area (Å²) < 4.78 is 0. The molecule has 4 nitrogen and oxygen atoms in total. The molecule has 0 amide bonds. The Hall–Kier alpha value is 0.359. The summed E-state index contributed by atoms with van der Waals surface area (Å²) in [7, 11) is 0. The quantitative estimate of drug-likeness (QED) is 0.554. The summed E-state index contributed by atoms with van der Waals surface area (Å²) in [5, 5.41) is 34.3. The first-order valence-electron chi connectivity index (χ1n) is 4.98. The van der Waals surface area contributed by atoms with Crippen molar-refractivity contribution in [3.63, 3.8) is 0 Å². The molecule has 0 saturated carbocycles. The number of hydrogen-bond acceptors (Lipinski definition) is 4. The van der Waals surface area contributed by atoms with Crippen LogP contribution in [0.3, 0.4) is 0 Å². The van der Waals surface area contributed by atoms with E-state index in [2.05, 4.69) is 0 Å². The number of aliphatic hydroxyl groups excluding tert-OH is 4. The molecule has 0 spiro atoms. The Bertz CT molecular complexity index is 90.0. The molecule has 4 unspecified atom stereocenters.